The van der Waals surface area contributed by atoms with Crippen molar-refractivity contribution in [3.63, 3.8) is 0 Å². The molecule has 78 valence electrons. The summed E-state index contributed by atoms with van der Waals surface area (Å²) in [4.78, 5) is 10.3. The minimum Gasteiger partial charge on any atom is -0.480 e. The third-order valence-electron chi connectivity index (χ3n) is 1.72. The Kier molecular flexibility index (Phi) is 7.63. The lowest BCUT2D eigenvalue weighted by Gasteiger charge is -2.05. The van der Waals surface area contributed by atoms with Crippen LogP contribution < -0.4 is 5.73 Å². The molecule has 3 N–H and O–H groups in total. The van der Waals surface area contributed by atoms with Crippen LogP contribution in [0.3, 0.4) is 0 Å². The summed E-state index contributed by atoms with van der Waals surface area (Å²) in [5.74, 6) is -0.922. The van der Waals surface area contributed by atoms with Gasteiger partial charge in [0.25, 0.3) is 0 Å². The first kappa shape index (κ1) is 12.4. The van der Waals surface area contributed by atoms with Gasteiger partial charge in [0.15, 0.2) is 0 Å². The highest BCUT2D eigenvalue weighted by atomic mass is 16.5. The Bertz CT molecular complexity index is 139. The smallest absolute Gasteiger partial charge is 0.320 e. The van der Waals surface area contributed by atoms with Crippen molar-refractivity contribution in [1.82, 2.24) is 0 Å². The number of nitrogens with two attached hydrogens (primary N) is 1. The van der Waals surface area contributed by atoms with Crippen molar-refractivity contribution in [2.45, 2.75) is 38.6 Å². The molecule has 0 fully saturated rings. The quantitative estimate of drug-likeness (QED) is 0.559. The van der Waals surface area contributed by atoms with Crippen LogP contribution in [0.15, 0.2) is 0 Å². The van der Waals surface area contributed by atoms with E-state index in [2.05, 4.69) is 6.92 Å². The second-order valence-electron chi connectivity index (χ2n) is 3.05. The largest absolute Gasteiger partial charge is 0.480 e. The zero-order valence-corrected chi connectivity index (χ0v) is 8.16. The number of hydrogen-bond acceptors (Lipinski definition) is 3. The number of ether oxygens (including phenoxy) is 1. The molecule has 0 aromatic carbocycles. The number of carboxylic acids is 1. The molecule has 4 nitrogen and oxygen atoms in total. The van der Waals surface area contributed by atoms with Crippen molar-refractivity contribution in [3.8, 4) is 0 Å². The molecule has 0 saturated heterocycles. The molecule has 0 bridgehead atoms. The average molecular weight is 189 g/mol. The van der Waals surface area contributed by atoms with Crippen LogP contribution in [-0.4, -0.2) is 30.3 Å². The van der Waals surface area contributed by atoms with Gasteiger partial charge in [0, 0.05) is 13.2 Å². The average Bonchev–Trinajstić information content (AvgIpc) is 2.10. The van der Waals surface area contributed by atoms with Crippen molar-refractivity contribution in [2.24, 2.45) is 5.73 Å². The molecule has 0 aromatic heterocycles. The lowest BCUT2D eigenvalue weighted by atomic mass is 10.1. The summed E-state index contributed by atoms with van der Waals surface area (Å²) in [6.45, 7) is 3.55. The van der Waals surface area contributed by atoms with Gasteiger partial charge in [-0.25, -0.2) is 0 Å². The number of hydrogen-bond donors (Lipinski definition) is 2. The first-order valence-corrected chi connectivity index (χ1v) is 4.74. The highest BCUT2D eigenvalue weighted by molar-refractivity contribution is 5.72. The molecule has 0 aliphatic rings. The van der Waals surface area contributed by atoms with Crippen LogP contribution in [0, 0.1) is 0 Å². The lowest BCUT2D eigenvalue weighted by Crippen LogP contribution is -2.29. The number of carboxylic acid groups (broad SMARTS) is 1. The van der Waals surface area contributed by atoms with Gasteiger partial charge in [0.1, 0.15) is 6.04 Å². The molecule has 0 radical (unpaired) electrons. The molecule has 0 aromatic rings. The van der Waals surface area contributed by atoms with Crippen LogP contribution in [-0.2, 0) is 9.53 Å². The van der Waals surface area contributed by atoms with Gasteiger partial charge in [0.05, 0.1) is 0 Å². The molecule has 0 amide bonds. The molecular formula is C9H19NO3. The summed E-state index contributed by atoms with van der Waals surface area (Å²) < 4.78 is 5.24. The molecule has 0 aliphatic heterocycles. The van der Waals surface area contributed by atoms with Crippen molar-refractivity contribution in [1.29, 1.82) is 0 Å². The Morgan fingerprint density at radius 1 is 1.46 bits per heavy atom. The predicted octanol–water partition coefficient (Wildman–Crippen LogP) is 0.995. The summed E-state index contributed by atoms with van der Waals surface area (Å²) in [5, 5.41) is 8.47. The first-order chi connectivity index (χ1) is 6.18. The van der Waals surface area contributed by atoms with E-state index >= 15 is 0 Å². The Labute approximate surface area is 79.1 Å². The van der Waals surface area contributed by atoms with Gasteiger partial charge in [-0.1, -0.05) is 6.92 Å². The maximum Gasteiger partial charge on any atom is 0.320 e. The zero-order valence-electron chi connectivity index (χ0n) is 8.16. The number of carbonyl (C=O) groups is 1. The maximum atomic E-state index is 10.3. The van der Waals surface area contributed by atoms with E-state index < -0.39 is 12.0 Å². The third kappa shape index (κ3) is 7.74. The fourth-order valence-corrected chi connectivity index (χ4v) is 0.938. The third-order valence-corrected chi connectivity index (χ3v) is 1.72. The topological polar surface area (TPSA) is 72.5 Å². The summed E-state index contributed by atoms with van der Waals surface area (Å²) in [6.07, 6.45) is 3.26. The monoisotopic (exact) mass is 189 g/mol. The van der Waals surface area contributed by atoms with E-state index in [0.29, 0.717) is 13.0 Å². The second-order valence-corrected chi connectivity index (χ2v) is 3.05. The summed E-state index contributed by atoms with van der Waals surface area (Å²) >= 11 is 0. The van der Waals surface area contributed by atoms with Gasteiger partial charge in [-0.2, -0.15) is 0 Å². The first-order valence-electron chi connectivity index (χ1n) is 4.74. The molecule has 0 aliphatic carbocycles. The van der Waals surface area contributed by atoms with Crippen LogP contribution in [0.2, 0.25) is 0 Å². The van der Waals surface area contributed by atoms with Crippen LogP contribution in [0.5, 0.6) is 0 Å². The van der Waals surface area contributed by atoms with Crippen LogP contribution in [0.25, 0.3) is 0 Å². The maximum absolute atomic E-state index is 10.3. The van der Waals surface area contributed by atoms with Gasteiger partial charge < -0.3 is 15.6 Å². The Hall–Kier alpha value is -0.610. The highest BCUT2D eigenvalue weighted by Crippen LogP contribution is 1.99. The Morgan fingerprint density at radius 2 is 2.15 bits per heavy atom. The molecule has 0 spiro atoms. The predicted molar refractivity (Wildman–Crippen MR) is 50.6 cm³/mol. The van der Waals surface area contributed by atoms with Crippen LogP contribution >= 0.6 is 0 Å². The van der Waals surface area contributed by atoms with Gasteiger partial charge in [-0.15, -0.1) is 0 Å². The zero-order chi connectivity index (χ0) is 10.1. The van der Waals surface area contributed by atoms with Gasteiger partial charge >= 0.3 is 5.97 Å². The number of unbranched alkanes of at least 4 members (excludes halogenated alkanes) is 1. The minimum absolute atomic E-state index is 0.533. The molecule has 13 heavy (non-hydrogen) atoms. The van der Waals surface area contributed by atoms with Crippen LogP contribution in [0.4, 0.5) is 0 Å². The van der Waals surface area contributed by atoms with Crippen molar-refractivity contribution in [3.05, 3.63) is 0 Å². The van der Waals surface area contributed by atoms with E-state index in [-0.39, 0.29) is 0 Å². The fraction of sp³-hybridized carbons (Fsp3) is 0.889. The summed E-state index contributed by atoms with van der Waals surface area (Å²) in [7, 11) is 0. The van der Waals surface area contributed by atoms with Gasteiger partial charge in [0.2, 0.25) is 0 Å². The summed E-state index contributed by atoms with van der Waals surface area (Å²) in [6, 6.07) is -0.717. The molecule has 0 heterocycles. The molecule has 1 atom stereocenters. The van der Waals surface area contributed by atoms with E-state index in [1.807, 2.05) is 0 Å². The Balaban J connectivity index is 3.11. The molecular weight excluding hydrogens is 170 g/mol. The van der Waals surface area contributed by atoms with E-state index in [1.54, 1.807) is 0 Å². The number of rotatable bonds is 8. The molecule has 4 heteroatoms. The molecule has 0 rings (SSSR count). The van der Waals surface area contributed by atoms with Crippen molar-refractivity contribution < 1.29 is 14.6 Å². The van der Waals surface area contributed by atoms with Gasteiger partial charge in [-0.3, -0.25) is 4.79 Å². The van der Waals surface area contributed by atoms with E-state index in [0.717, 1.165) is 25.9 Å². The highest BCUT2D eigenvalue weighted by Gasteiger charge is 2.09. The fourth-order valence-electron chi connectivity index (χ4n) is 0.938. The molecule has 1 unspecified atom stereocenters. The van der Waals surface area contributed by atoms with Crippen LogP contribution in [0.1, 0.15) is 32.6 Å². The summed E-state index contributed by atoms with van der Waals surface area (Å²) in [5.41, 5.74) is 5.32. The van der Waals surface area contributed by atoms with E-state index in [4.69, 9.17) is 15.6 Å². The standard InChI is InChI=1S/C9H19NO3/c1-2-6-13-7-4-3-5-8(10)9(11)12/h8H,2-7,10H2,1H3,(H,11,12). The minimum atomic E-state index is -0.922. The SMILES string of the molecule is CCCOCCCCC(N)C(=O)O. The van der Waals surface area contributed by atoms with Gasteiger partial charge in [-0.05, 0) is 25.7 Å². The lowest BCUT2D eigenvalue weighted by molar-refractivity contribution is -0.138. The van der Waals surface area contributed by atoms with Crippen molar-refractivity contribution in [2.75, 3.05) is 13.2 Å². The Morgan fingerprint density at radius 3 is 2.69 bits per heavy atom. The number of aliphatic carboxylic acids is 1. The van der Waals surface area contributed by atoms with E-state index in [1.165, 1.54) is 0 Å². The van der Waals surface area contributed by atoms with Crippen molar-refractivity contribution >= 4 is 5.97 Å². The molecule has 0 saturated carbocycles. The normalized spacial score (nSPS) is 12.8. The second kappa shape index (κ2) is 8.01. The van der Waals surface area contributed by atoms with E-state index in [9.17, 15) is 4.79 Å².